The highest BCUT2D eigenvalue weighted by Gasteiger charge is 2.46. The largest absolute Gasteiger partial charge is 0.405 e. The number of methoxy groups -OCH3 is 1. The van der Waals surface area contributed by atoms with Crippen molar-refractivity contribution in [2.24, 2.45) is 0 Å². The molecule has 84 valence electrons. The lowest BCUT2D eigenvalue weighted by molar-refractivity contribution is -0.357. The zero-order chi connectivity index (χ0) is 11.6. The number of cyclic esters (lactones) is 2. The van der Waals surface area contributed by atoms with Crippen LogP contribution in [0.3, 0.4) is 0 Å². The maximum absolute atomic E-state index is 11.2. The average molecular weight is 222 g/mol. The molecule has 0 radical (unpaired) electrons. The number of benzene rings is 1. The van der Waals surface area contributed by atoms with Gasteiger partial charge in [0, 0.05) is 7.11 Å². The van der Waals surface area contributed by atoms with Crippen LogP contribution in [0.15, 0.2) is 30.3 Å². The highest BCUT2D eigenvalue weighted by molar-refractivity contribution is 5.93. The van der Waals surface area contributed by atoms with Crippen LogP contribution in [0.5, 0.6) is 0 Å². The smallest absolute Gasteiger partial charge is 0.394 e. The van der Waals surface area contributed by atoms with E-state index in [0.717, 1.165) is 0 Å². The Balaban J connectivity index is 2.39. The fraction of sp³-hybridized carbons (Fsp3) is 0.273. The summed E-state index contributed by atoms with van der Waals surface area (Å²) in [5, 5.41) is 0. The minimum absolute atomic E-state index is 0.391. The fourth-order valence-electron chi connectivity index (χ4n) is 1.47. The van der Waals surface area contributed by atoms with Gasteiger partial charge in [-0.3, -0.25) is 9.59 Å². The van der Waals surface area contributed by atoms with E-state index in [1.807, 2.05) is 0 Å². The van der Waals surface area contributed by atoms with Crippen molar-refractivity contribution in [1.82, 2.24) is 0 Å². The first-order valence-corrected chi connectivity index (χ1v) is 4.70. The molecule has 0 unspecified atom stereocenters. The maximum atomic E-state index is 11.2. The zero-order valence-electron chi connectivity index (χ0n) is 8.64. The van der Waals surface area contributed by atoms with Gasteiger partial charge in [0.05, 0.1) is 5.56 Å². The molecule has 5 nitrogen and oxygen atoms in total. The molecule has 0 spiro atoms. The predicted octanol–water partition coefficient (Wildman–Crippen LogP) is 0.933. The topological polar surface area (TPSA) is 61.8 Å². The first-order valence-electron chi connectivity index (χ1n) is 4.70. The molecule has 0 bridgehead atoms. The number of carbonyl (C=O) groups is 2. The standard InChI is InChI=1S/C11H10O5/c1-14-11(8-5-3-2-4-6-8)15-9(12)7-10(13)16-11/h2-6H,7H2,1H3. The summed E-state index contributed by atoms with van der Waals surface area (Å²) in [6.45, 7) is 0. The summed E-state index contributed by atoms with van der Waals surface area (Å²) in [6, 6.07) is 8.54. The van der Waals surface area contributed by atoms with Gasteiger partial charge in [-0.15, -0.1) is 0 Å². The minimum Gasteiger partial charge on any atom is -0.394 e. The lowest BCUT2D eigenvalue weighted by Crippen LogP contribution is -2.44. The molecule has 2 rings (SSSR count). The van der Waals surface area contributed by atoms with Crippen molar-refractivity contribution in [2.45, 2.75) is 12.4 Å². The van der Waals surface area contributed by atoms with Gasteiger partial charge < -0.3 is 14.2 Å². The van der Waals surface area contributed by atoms with Crippen LogP contribution in [0.4, 0.5) is 0 Å². The normalized spacial score (nSPS) is 18.8. The molecule has 1 aromatic carbocycles. The average Bonchev–Trinajstić information content (AvgIpc) is 2.29. The van der Waals surface area contributed by atoms with E-state index in [1.54, 1.807) is 30.3 Å². The Labute approximate surface area is 91.9 Å². The van der Waals surface area contributed by atoms with Crippen LogP contribution >= 0.6 is 0 Å². The van der Waals surface area contributed by atoms with Crippen molar-refractivity contribution in [1.29, 1.82) is 0 Å². The molecule has 0 N–H and O–H groups in total. The minimum atomic E-state index is -1.74. The molecular weight excluding hydrogens is 212 g/mol. The Morgan fingerprint density at radius 1 is 1.12 bits per heavy atom. The van der Waals surface area contributed by atoms with Crippen molar-refractivity contribution >= 4 is 11.9 Å². The molecule has 1 heterocycles. The molecule has 1 aliphatic rings. The highest BCUT2D eigenvalue weighted by Crippen LogP contribution is 2.32. The summed E-state index contributed by atoms with van der Waals surface area (Å²) in [7, 11) is 1.30. The van der Waals surface area contributed by atoms with Crippen LogP contribution < -0.4 is 0 Å². The second-order valence-corrected chi connectivity index (χ2v) is 3.25. The van der Waals surface area contributed by atoms with Gasteiger partial charge in [-0.2, -0.15) is 0 Å². The fourth-order valence-corrected chi connectivity index (χ4v) is 1.47. The van der Waals surface area contributed by atoms with Gasteiger partial charge >= 0.3 is 17.9 Å². The molecule has 1 saturated heterocycles. The van der Waals surface area contributed by atoms with Crippen LogP contribution in [-0.2, 0) is 29.8 Å². The van der Waals surface area contributed by atoms with E-state index in [9.17, 15) is 9.59 Å². The monoisotopic (exact) mass is 222 g/mol. The van der Waals surface area contributed by atoms with Crippen molar-refractivity contribution in [3.05, 3.63) is 35.9 Å². The lowest BCUT2D eigenvalue weighted by Gasteiger charge is -2.33. The molecule has 1 aliphatic heterocycles. The van der Waals surface area contributed by atoms with E-state index in [1.165, 1.54) is 7.11 Å². The van der Waals surface area contributed by atoms with Gasteiger partial charge in [0.2, 0.25) is 0 Å². The van der Waals surface area contributed by atoms with E-state index < -0.39 is 24.3 Å². The first kappa shape index (κ1) is 10.6. The van der Waals surface area contributed by atoms with Gasteiger partial charge in [-0.05, 0) is 12.1 Å². The summed E-state index contributed by atoms with van der Waals surface area (Å²) in [5.41, 5.74) is 0.457. The molecule has 0 aliphatic carbocycles. The zero-order valence-corrected chi connectivity index (χ0v) is 8.64. The van der Waals surface area contributed by atoms with Crippen LogP contribution in [-0.4, -0.2) is 19.0 Å². The summed E-state index contributed by atoms with van der Waals surface area (Å²) in [5.74, 6) is -3.07. The summed E-state index contributed by atoms with van der Waals surface area (Å²) >= 11 is 0. The number of hydrogen-bond acceptors (Lipinski definition) is 5. The van der Waals surface area contributed by atoms with Gasteiger partial charge in [0.25, 0.3) is 0 Å². The molecular formula is C11H10O5. The molecule has 16 heavy (non-hydrogen) atoms. The summed E-state index contributed by atoms with van der Waals surface area (Å²) in [6.07, 6.45) is -0.391. The summed E-state index contributed by atoms with van der Waals surface area (Å²) in [4.78, 5) is 22.4. The van der Waals surface area contributed by atoms with E-state index in [0.29, 0.717) is 5.56 Å². The first-order chi connectivity index (χ1) is 7.66. The third-order valence-corrected chi connectivity index (χ3v) is 2.18. The Morgan fingerprint density at radius 2 is 1.69 bits per heavy atom. The van der Waals surface area contributed by atoms with Crippen molar-refractivity contribution < 1.29 is 23.8 Å². The quantitative estimate of drug-likeness (QED) is 0.550. The lowest BCUT2D eigenvalue weighted by atomic mass is 10.2. The van der Waals surface area contributed by atoms with Crippen LogP contribution in [0.2, 0.25) is 0 Å². The highest BCUT2D eigenvalue weighted by atomic mass is 16.9. The van der Waals surface area contributed by atoms with Crippen LogP contribution in [0.1, 0.15) is 12.0 Å². The maximum Gasteiger partial charge on any atom is 0.405 e. The van der Waals surface area contributed by atoms with Crippen LogP contribution in [0.25, 0.3) is 0 Å². The van der Waals surface area contributed by atoms with Crippen LogP contribution in [0, 0.1) is 0 Å². The number of ether oxygens (including phenoxy) is 3. The summed E-state index contributed by atoms with van der Waals surface area (Å²) < 4.78 is 15.0. The molecule has 5 heteroatoms. The molecule has 0 saturated carbocycles. The Bertz CT molecular complexity index is 396. The number of rotatable bonds is 2. The van der Waals surface area contributed by atoms with E-state index in [2.05, 4.69) is 0 Å². The van der Waals surface area contributed by atoms with E-state index in [-0.39, 0.29) is 0 Å². The van der Waals surface area contributed by atoms with Gasteiger partial charge in [-0.1, -0.05) is 18.2 Å². The van der Waals surface area contributed by atoms with Gasteiger partial charge in [0.15, 0.2) is 0 Å². The van der Waals surface area contributed by atoms with E-state index >= 15 is 0 Å². The second-order valence-electron chi connectivity index (χ2n) is 3.25. The Kier molecular flexibility index (Phi) is 2.62. The predicted molar refractivity (Wildman–Crippen MR) is 51.9 cm³/mol. The van der Waals surface area contributed by atoms with Crippen molar-refractivity contribution in [3.8, 4) is 0 Å². The number of carbonyl (C=O) groups excluding carboxylic acids is 2. The Morgan fingerprint density at radius 3 is 2.19 bits per heavy atom. The SMILES string of the molecule is COC1(c2ccccc2)OC(=O)CC(=O)O1. The van der Waals surface area contributed by atoms with Crippen molar-refractivity contribution in [2.75, 3.05) is 7.11 Å². The molecule has 1 aromatic rings. The number of hydrogen-bond donors (Lipinski definition) is 0. The van der Waals surface area contributed by atoms with E-state index in [4.69, 9.17) is 14.2 Å². The molecule has 1 fully saturated rings. The molecule has 0 aromatic heterocycles. The third kappa shape index (κ3) is 1.77. The molecule has 0 amide bonds. The van der Waals surface area contributed by atoms with Gasteiger partial charge in [0.1, 0.15) is 6.42 Å². The number of esters is 2. The third-order valence-electron chi connectivity index (χ3n) is 2.18. The van der Waals surface area contributed by atoms with Crippen molar-refractivity contribution in [3.63, 3.8) is 0 Å². The Hall–Kier alpha value is -1.88. The van der Waals surface area contributed by atoms with Gasteiger partial charge in [-0.25, -0.2) is 0 Å². The second kappa shape index (κ2) is 3.94. The molecule has 0 atom stereocenters.